The average molecular weight is 313 g/mol. The van der Waals surface area contributed by atoms with E-state index in [1.165, 1.54) is 0 Å². The van der Waals surface area contributed by atoms with Crippen LogP contribution in [0.2, 0.25) is 0 Å². The van der Waals surface area contributed by atoms with E-state index in [4.69, 9.17) is 5.73 Å². The lowest BCUT2D eigenvalue weighted by Crippen LogP contribution is -2.33. The van der Waals surface area contributed by atoms with E-state index in [0.29, 0.717) is 6.54 Å². The van der Waals surface area contributed by atoms with Gasteiger partial charge in [-0.15, -0.1) is 0 Å². The first-order valence-electron chi connectivity index (χ1n) is 6.14. The van der Waals surface area contributed by atoms with E-state index >= 15 is 0 Å². The molecule has 1 atom stereocenters. The summed E-state index contributed by atoms with van der Waals surface area (Å²) in [5, 5.41) is 2.97. The number of hydrogen-bond acceptors (Lipinski definition) is 2. The number of nitrogens with one attached hydrogen (secondary N) is 1. The van der Waals surface area contributed by atoms with Crippen molar-refractivity contribution in [3.05, 3.63) is 27.7 Å². The molecule has 0 aliphatic carbocycles. The molecule has 0 saturated carbocycles. The molecule has 0 fully saturated rings. The average Bonchev–Trinajstić information content (AvgIpc) is 2.23. The fourth-order valence-corrected chi connectivity index (χ4v) is 2.74. The Morgan fingerprint density at radius 1 is 1.39 bits per heavy atom. The van der Waals surface area contributed by atoms with Gasteiger partial charge in [0, 0.05) is 11.0 Å². The minimum Gasteiger partial charge on any atom is -0.330 e. The predicted octanol–water partition coefficient (Wildman–Crippen LogP) is 3.24. The molecule has 1 unspecified atom stereocenters. The van der Waals surface area contributed by atoms with E-state index in [1.807, 2.05) is 39.8 Å². The standard InChI is InChI=1S/C14H21BrN2O/c1-8(2)11(7-16)14(18)17-13-10(4)5-9(3)6-12(13)15/h5-6,8,11H,7,16H2,1-4H3,(H,17,18). The van der Waals surface area contributed by atoms with Crippen molar-refractivity contribution in [3.63, 3.8) is 0 Å². The van der Waals surface area contributed by atoms with Crippen LogP contribution in [0.3, 0.4) is 0 Å². The molecule has 18 heavy (non-hydrogen) atoms. The Kier molecular flexibility index (Phi) is 5.35. The molecule has 0 aliphatic heterocycles. The molecular weight excluding hydrogens is 292 g/mol. The highest BCUT2D eigenvalue weighted by atomic mass is 79.9. The Balaban J connectivity index is 2.95. The summed E-state index contributed by atoms with van der Waals surface area (Å²) >= 11 is 3.49. The van der Waals surface area contributed by atoms with Crippen LogP contribution in [0.5, 0.6) is 0 Å². The lowest BCUT2D eigenvalue weighted by Gasteiger charge is -2.20. The normalized spacial score (nSPS) is 12.6. The van der Waals surface area contributed by atoms with Crippen molar-refractivity contribution in [3.8, 4) is 0 Å². The van der Waals surface area contributed by atoms with Gasteiger partial charge in [0.05, 0.1) is 11.6 Å². The molecule has 1 rings (SSSR count). The molecule has 1 aromatic rings. The van der Waals surface area contributed by atoms with Crippen LogP contribution < -0.4 is 11.1 Å². The van der Waals surface area contributed by atoms with Crippen molar-refractivity contribution >= 4 is 27.5 Å². The third-order valence-corrected chi connectivity index (χ3v) is 3.70. The van der Waals surface area contributed by atoms with Crippen LogP contribution in [0.15, 0.2) is 16.6 Å². The van der Waals surface area contributed by atoms with Gasteiger partial charge in [0.1, 0.15) is 0 Å². The molecule has 0 saturated heterocycles. The van der Waals surface area contributed by atoms with Crippen molar-refractivity contribution < 1.29 is 4.79 Å². The summed E-state index contributed by atoms with van der Waals surface area (Å²) in [4.78, 5) is 12.2. The minimum absolute atomic E-state index is 0.0137. The van der Waals surface area contributed by atoms with Gasteiger partial charge in [-0.3, -0.25) is 4.79 Å². The number of aryl methyl sites for hydroxylation is 2. The van der Waals surface area contributed by atoms with Crippen molar-refractivity contribution in [1.82, 2.24) is 0 Å². The molecule has 0 aliphatic rings. The van der Waals surface area contributed by atoms with Crippen LogP contribution in [0.25, 0.3) is 0 Å². The number of hydrogen-bond donors (Lipinski definition) is 2. The number of anilines is 1. The maximum atomic E-state index is 12.2. The van der Waals surface area contributed by atoms with Gasteiger partial charge < -0.3 is 11.1 Å². The molecule has 4 heteroatoms. The Morgan fingerprint density at radius 2 is 2.00 bits per heavy atom. The van der Waals surface area contributed by atoms with Crippen molar-refractivity contribution in [2.24, 2.45) is 17.6 Å². The molecule has 0 radical (unpaired) electrons. The van der Waals surface area contributed by atoms with Crippen molar-refractivity contribution in [2.45, 2.75) is 27.7 Å². The molecule has 3 N–H and O–H groups in total. The van der Waals surface area contributed by atoms with Crippen LogP contribution in [0, 0.1) is 25.7 Å². The predicted molar refractivity (Wildman–Crippen MR) is 79.6 cm³/mol. The summed E-state index contributed by atoms with van der Waals surface area (Å²) in [6.07, 6.45) is 0. The summed E-state index contributed by atoms with van der Waals surface area (Å²) in [5.41, 5.74) is 8.71. The molecule has 0 aromatic heterocycles. The number of carbonyl (C=O) groups is 1. The summed E-state index contributed by atoms with van der Waals surface area (Å²) in [7, 11) is 0. The number of amides is 1. The second-order valence-electron chi connectivity index (χ2n) is 5.01. The number of rotatable bonds is 4. The first kappa shape index (κ1) is 15.2. The molecule has 0 heterocycles. The quantitative estimate of drug-likeness (QED) is 0.896. The molecule has 1 aromatic carbocycles. The molecular formula is C14H21BrN2O. The highest BCUT2D eigenvalue weighted by molar-refractivity contribution is 9.10. The van der Waals surface area contributed by atoms with E-state index in [-0.39, 0.29) is 17.7 Å². The minimum atomic E-state index is -0.155. The first-order valence-corrected chi connectivity index (χ1v) is 6.93. The van der Waals surface area contributed by atoms with E-state index in [0.717, 1.165) is 21.3 Å². The smallest absolute Gasteiger partial charge is 0.229 e. The number of halogens is 1. The third kappa shape index (κ3) is 3.56. The van der Waals surface area contributed by atoms with Crippen LogP contribution >= 0.6 is 15.9 Å². The zero-order chi connectivity index (χ0) is 13.9. The zero-order valence-corrected chi connectivity index (χ0v) is 13.0. The van der Waals surface area contributed by atoms with Crippen LogP contribution in [-0.4, -0.2) is 12.5 Å². The Bertz CT molecular complexity index is 420. The second-order valence-corrected chi connectivity index (χ2v) is 5.87. The van der Waals surface area contributed by atoms with Crippen molar-refractivity contribution in [1.29, 1.82) is 0 Å². The Morgan fingerprint density at radius 3 is 2.44 bits per heavy atom. The van der Waals surface area contributed by atoms with Gasteiger partial charge in [-0.25, -0.2) is 0 Å². The monoisotopic (exact) mass is 312 g/mol. The maximum Gasteiger partial charge on any atom is 0.229 e. The molecule has 100 valence electrons. The molecule has 1 amide bonds. The SMILES string of the molecule is Cc1cc(C)c(NC(=O)C(CN)C(C)C)c(Br)c1. The van der Waals surface area contributed by atoms with Crippen LogP contribution in [0.1, 0.15) is 25.0 Å². The third-order valence-electron chi connectivity index (χ3n) is 3.08. The fourth-order valence-electron chi connectivity index (χ4n) is 1.97. The highest BCUT2D eigenvalue weighted by Crippen LogP contribution is 2.28. The summed E-state index contributed by atoms with van der Waals surface area (Å²) in [5.74, 6) is 0.0669. The Labute approximate surface area is 117 Å². The summed E-state index contributed by atoms with van der Waals surface area (Å²) < 4.78 is 0.910. The first-order chi connectivity index (χ1) is 8.36. The summed E-state index contributed by atoms with van der Waals surface area (Å²) in [6, 6.07) is 4.04. The van der Waals surface area contributed by atoms with Gasteiger partial charge in [0.2, 0.25) is 5.91 Å². The van der Waals surface area contributed by atoms with E-state index in [1.54, 1.807) is 0 Å². The van der Waals surface area contributed by atoms with Crippen molar-refractivity contribution in [2.75, 3.05) is 11.9 Å². The lowest BCUT2D eigenvalue weighted by atomic mass is 9.95. The number of benzene rings is 1. The fraction of sp³-hybridized carbons (Fsp3) is 0.500. The van der Waals surface area contributed by atoms with E-state index in [2.05, 4.69) is 21.2 Å². The van der Waals surface area contributed by atoms with Crippen LogP contribution in [-0.2, 0) is 4.79 Å². The number of nitrogens with two attached hydrogens (primary N) is 1. The highest BCUT2D eigenvalue weighted by Gasteiger charge is 2.21. The van der Waals surface area contributed by atoms with E-state index < -0.39 is 0 Å². The zero-order valence-electron chi connectivity index (χ0n) is 11.4. The molecule has 0 spiro atoms. The second kappa shape index (κ2) is 6.34. The largest absolute Gasteiger partial charge is 0.330 e. The maximum absolute atomic E-state index is 12.2. The van der Waals surface area contributed by atoms with E-state index in [9.17, 15) is 4.79 Å². The van der Waals surface area contributed by atoms with Crippen LogP contribution in [0.4, 0.5) is 5.69 Å². The van der Waals surface area contributed by atoms with Gasteiger partial charge in [-0.1, -0.05) is 19.9 Å². The lowest BCUT2D eigenvalue weighted by molar-refractivity contribution is -0.120. The molecule has 0 bridgehead atoms. The van der Waals surface area contributed by atoms with Gasteiger partial charge in [-0.2, -0.15) is 0 Å². The van der Waals surface area contributed by atoms with Gasteiger partial charge in [0.15, 0.2) is 0 Å². The molecule has 3 nitrogen and oxygen atoms in total. The van der Waals surface area contributed by atoms with Gasteiger partial charge >= 0.3 is 0 Å². The van der Waals surface area contributed by atoms with Gasteiger partial charge in [-0.05, 0) is 52.9 Å². The topological polar surface area (TPSA) is 55.1 Å². The number of carbonyl (C=O) groups excluding carboxylic acids is 1. The Hall–Kier alpha value is -0.870. The summed E-state index contributed by atoms with van der Waals surface area (Å²) in [6.45, 7) is 8.40. The van der Waals surface area contributed by atoms with Gasteiger partial charge in [0.25, 0.3) is 0 Å².